The quantitative estimate of drug-likeness (QED) is 0.802. The summed E-state index contributed by atoms with van der Waals surface area (Å²) in [5.74, 6) is 0.123. The van der Waals surface area contributed by atoms with Crippen molar-refractivity contribution in [3.05, 3.63) is 28.7 Å². The van der Waals surface area contributed by atoms with E-state index >= 15 is 0 Å². The number of nitrogens with one attached hydrogen (secondary N) is 2. The minimum Gasteiger partial charge on any atom is -0.481 e. The van der Waals surface area contributed by atoms with Gasteiger partial charge in [0.25, 0.3) is 5.91 Å². The number of amides is 2. The molecule has 2 amide bonds. The van der Waals surface area contributed by atoms with Gasteiger partial charge < -0.3 is 4.74 Å². The third-order valence-corrected chi connectivity index (χ3v) is 4.26. The van der Waals surface area contributed by atoms with Crippen molar-refractivity contribution in [2.24, 2.45) is 5.92 Å². The molecule has 120 valence electrons. The van der Waals surface area contributed by atoms with Crippen LogP contribution in [0.4, 0.5) is 0 Å². The van der Waals surface area contributed by atoms with Gasteiger partial charge in [0, 0.05) is 10.4 Å². The second kappa shape index (κ2) is 8.17. The van der Waals surface area contributed by atoms with Crippen LogP contribution in [-0.2, 0) is 9.59 Å². The molecule has 1 fully saturated rings. The maximum absolute atomic E-state index is 12.0. The lowest BCUT2D eigenvalue weighted by Gasteiger charge is -2.21. The number of carbonyl (C=O) groups is 2. The first kappa shape index (κ1) is 16.8. The summed E-state index contributed by atoms with van der Waals surface area (Å²) in [4.78, 5) is 23.9. The Labute approximate surface area is 138 Å². The Morgan fingerprint density at radius 1 is 1.23 bits per heavy atom. The van der Waals surface area contributed by atoms with Crippen LogP contribution >= 0.6 is 15.9 Å². The number of carbonyl (C=O) groups excluding carboxylic acids is 2. The number of hydrogen-bond donors (Lipinski definition) is 2. The number of benzene rings is 1. The molecule has 0 spiro atoms. The molecular formula is C16H21BrN2O3. The standard InChI is InChI=1S/C16H21BrN2O3/c1-11(22-14-9-5-8-13(17)10-14)15(20)18-19-16(21)12-6-3-2-4-7-12/h5,8-12H,2-4,6-7H2,1H3,(H,18,20)(H,19,21). The van der Waals surface area contributed by atoms with Crippen molar-refractivity contribution < 1.29 is 14.3 Å². The molecule has 1 atom stereocenters. The molecule has 1 aromatic rings. The summed E-state index contributed by atoms with van der Waals surface area (Å²) in [6.45, 7) is 1.64. The molecule has 0 saturated heterocycles. The Morgan fingerprint density at radius 3 is 2.64 bits per heavy atom. The lowest BCUT2D eigenvalue weighted by atomic mass is 9.89. The number of rotatable bonds is 4. The van der Waals surface area contributed by atoms with E-state index in [-0.39, 0.29) is 17.7 Å². The molecule has 0 aromatic heterocycles. The molecule has 0 bridgehead atoms. The fourth-order valence-electron chi connectivity index (χ4n) is 2.49. The lowest BCUT2D eigenvalue weighted by molar-refractivity contribution is -0.134. The van der Waals surface area contributed by atoms with Gasteiger partial charge >= 0.3 is 0 Å². The van der Waals surface area contributed by atoms with Crippen LogP contribution in [-0.4, -0.2) is 17.9 Å². The van der Waals surface area contributed by atoms with Crippen LogP contribution in [0.3, 0.4) is 0 Å². The Morgan fingerprint density at radius 2 is 1.95 bits per heavy atom. The molecule has 1 aliphatic carbocycles. The van der Waals surface area contributed by atoms with Crippen molar-refractivity contribution in [1.82, 2.24) is 10.9 Å². The summed E-state index contributed by atoms with van der Waals surface area (Å²) in [5, 5.41) is 0. The van der Waals surface area contributed by atoms with Gasteiger partial charge in [-0.05, 0) is 38.0 Å². The third kappa shape index (κ3) is 5.02. The van der Waals surface area contributed by atoms with E-state index in [4.69, 9.17) is 4.74 Å². The Bertz CT molecular complexity index is 530. The van der Waals surface area contributed by atoms with Gasteiger partial charge in [-0.2, -0.15) is 0 Å². The minimum absolute atomic E-state index is 0.00959. The highest BCUT2D eigenvalue weighted by molar-refractivity contribution is 9.10. The first-order chi connectivity index (χ1) is 10.6. The van der Waals surface area contributed by atoms with Crippen LogP contribution in [0, 0.1) is 5.92 Å². The van der Waals surface area contributed by atoms with Crippen molar-refractivity contribution in [3.63, 3.8) is 0 Å². The van der Waals surface area contributed by atoms with Crippen molar-refractivity contribution in [3.8, 4) is 5.75 Å². The largest absolute Gasteiger partial charge is 0.481 e. The Balaban J connectivity index is 1.77. The highest BCUT2D eigenvalue weighted by atomic mass is 79.9. The maximum atomic E-state index is 12.0. The predicted octanol–water partition coefficient (Wildman–Crippen LogP) is 2.94. The fraction of sp³-hybridized carbons (Fsp3) is 0.500. The average Bonchev–Trinajstić information content (AvgIpc) is 2.53. The molecule has 5 nitrogen and oxygen atoms in total. The Hall–Kier alpha value is -1.56. The topological polar surface area (TPSA) is 67.4 Å². The molecule has 1 saturated carbocycles. The first-order valence-corrected chi connectivity index (χ1v) is 8.37. The number of halogens is 1. The van der Waals surface area contributed by atoms with E-state index < -0.39 is 6.10 Å². The van der Waals surface area contributed by atoms with E-state index in [1.807, 2.05) is 12.1 Å². The molecule has 1 aliphatic rings. The number of hydrazine groups is 1. The van der Waals surface area contributed by atoms with Gasteiger partial charge in [0.15, 0.2) is 6.10 Å². The van der Waals surface area contributed by atoms with E-state index in [1.54, 1.807) is 19.1 Å². The van der Waals surface area contributed by atoms with Crippen LogP contribution in [0.5, 0.6) is 5.75 Å². The van der Waals surface area contributed by atoms with E-state index in [2.05, 4.69) is 26.8 Å². The molecule has 2 N–H and O–H groups in total. The second-order valence-corrected chi connectivity index (χ2v) is 6.45. The molecule has 0 radical (unpaired) electrons. The summed E-state index contributed by atoms with van der Waals surface area (Å²) >= 11 is 3.35. The van der Waals surface area contributed by atoms with Crippen molar-refractivity contribution >= 4 is 27.7 Å². The van der Waals surface area contributed by atoms with Crippen LogP contribution in [0.2, 0.25) is 0 Å². The highest BCUT2D eigenvalue weighted by Crippen LogP contribution is 2.23. The molecule has 22 heavy (non-hydrogen) atoms. The SMILES string of the molecule is CC(Oc1cccc(Br)c1)C(=O)NNC(=O)C1CCCCC1. The summed E-state index contributed by atoms with van der Waals surface area (Å²) in [6.07, 6.45) is 4.44. The van der Waals surface area contributed by atoms with E-state index in [9.17, 15) is 9.59 Å². The lowest BCUT2D eigenvalue weighted by Crippen LogP contribution is -2.49. The van der Waals surface area contributed by atoms with Crippen molar-refractivity contribution in [2.45, 2.75) is 45.1 Å². The summed E-state index contributed by atoms with van der Waals surface area (Å²) in [7, 11) is 0. The maximum Gasteiger partial charge on any atom is 0.279 e. The third-order valence-electron chi connectivity index (χ3n) is 3.76. The van der Waals surface area contributed by atoms with Crippen LogP contribution in [0.1, 0.15) is 39.0 Å². The Kier molecular flexibility index (Phi) is 6.24. The smallest absolute Gasteiger partial charge is 0.279 e. The zero-order valence-corrected chi connectivity index (χ0v) is 14.2. The average molecular weight is 369 g/mol. The minimum atomic E-state index is -0.694. The van der Waals surface area contributed by atoms with Gasteiger partial charge in [0.05, 0.1) is 0 Å². The second-order valence-electron chi connectivity index (χ2n) is 5.53. The normalized spacial score (nSPS) is 16.6. The van der Waals surface area contributed by atoms with Gasteiger partial charge in [0.2, 0.25) is 5.91 Å². The zero-order valence-electron chi connectivity index (χ0n) is 12.6. The number of ether oxygens (including phenoxy) is 1. The van der Waals surface area contributed by atoms with Gasteiger partial charge in [-0.15, -0.1) is 0 Å². The van der Waals surface area contributed by atoms with E-state index in [1.165, 1.54) is 6.42 Å². The zero-order chi connectivity index (χ0) is 15.9. The van der Waals surface area contributed by atoms with Gasteiger partial charge in [-0.3, -0.25) is 20.4 Å². The fourth-order valence-corrected chi connectivity index (χ4v) is 2.87. The van der Waals surface area contributed by atoms with Crippen LogP contribution < -0.4 is 15.6 Å². The van der Waals surface area contributed by atoms with Crippen molar-refractivity contribution in [2.75, 3.05) is 0 Å². The molecule has 6 heteroatoms. The first-order valence-electron chi connectivity index (χ1n) is 7.58. The molecule has 2 rings (SSSR count). The van der Waals surface area contributed by atoms with E-state index in [0.717, 1.165) is 30.2 Å². The summed E-state index contributed by atoms with van der Waals surface area (Å²) in [6, 6.07) is 7.26. The van der Waals surface area contributed by atoms with Gasteiger partial charge in [0.1, 0.15) is 5.75 Å². The van der Waals surface area contributed by atoms with Gasteiger partial charge in [-0.25, -0.2) is 0 Å². The highest BCUT2D eigenvalue weighted by Gasteiger charge is 2.22. The molecule has 0 aliphatic heterocycles. The van der Waals surface area contributed by atoms with Gasteiger partial charge in [-0.1, -0.05) is 41.3 Å². The molecular weight excluding hydrogens is 348 g/mol. The summed E-state index contributed by atoms with van der Waals surface area (Å²) in [5.41, 5.74) is 4.94. The molecule has 1 unspecified atom stereocenters. The molecule has 0 heterocycles. The summed E-state index contributed by atoms with van der Waals surface area (Å²) < 4.78 is 6.42. The monoisotopic (exact) mass is 368 g/mol. The number of hydrogen-bond acceptors (Lipinski definition) is 3. The van der Waals surface area contributed by atoms with Crippen LogP contribution in [0.15, 0.2) is 28.7 Å². The van der Waals surface area contributed by atoms with Crippen LogP contribution in [0.25, 0.3) is 0 Å². The molecule has 1 aromatic carbocycles. The predicted molar refractivity (Wildman–Crippen MR) is 87.1 cm³/mol. The van der Waals surface area contributed by atoms with E-state index in [0.29, 0.717) is 5.75 Å². The van der Waals surface area contributed by atoms with Crippen molar-refractivity contribution in [1.29, 1.82) is 0 Å².